The van der Waals surface area contributed by atoms with E-state index in [2.05, 4.69) is 20.9 Å². The van der Waals surface area contributed by atoms with Gasteiger partial charge in [-0.2, -0.15) is 0 Å². The second-order valence-corrected chi connectivity index (χ2v) is 9.62. The van der Waals surface area contributed by atoms with Gasteiger partial charge in [-0.15, -0.1) is 11.3 Å². The highest BCUT2D eigenvalue weighted by molar-refractivity contribution is 7.15. The largest absolute Gasteiger partial charge is 0.468 e. The summed E-state index contributed by atoms with van der Waals surface area (Å²) in [4.78, 5) is 42.3. The van der Waals surface area contributed by atoms with E-state index in [0.29, 0.717) is 18.0 Å². The molecule has 1 unspecified atom stereocenters. The van der Waals surface area contributed by atoms with Crippen LogP contribution in [0.1, 0.15) is 57.0 Å². The molecule has 1 heterocycles. The molecule has 0 bridgehead atoms. The van der Waals surface area contributed by atoms with Crippen molar-refractivity contribution in [3.8, 4) is 0 Å². The van der Waals surface area contributed by atoms with E-state index in [-0.39, 0.29) is 29.9 Å². The van der Waals surface area contributed by atoms with Crippen LogP contribution in [0.3, 0.4) is 0 Å². The standard InChI is InChI=1S/C24H32F2N4O4S/c1-6-7-18(29-20(31)10-15-8-16(25)11-17(26)9-15)22(32)30-24-27-12-19(35-24)14(4)28-21(13(2)3)23(33)34-5/h8-9,11-14,18,21,28H,6-7,10H2,1-5H3,(H,29,31)(H,27,30,32)/t14?,18-,21-/m0/s1. The van der Waals surface area contributed by atoms with Crippen LogP contribution in [0.15, 0.2) is 24.4 Å². The van der Waals surface area contributed by atoms with E-state index in [0.717, 1.165) is 23.1 Å². The maximum absolute atomic E-state index is 13.4. The Morgan fingerprint density at radius 2 is 1.77 bits per heavy atom. The molecule has 0 aliphatic carbocycles. The number of benzene rings is 1. The van der Waals surface area contributed by atoms with Crippen molar-refractivity contribution in [1.29, 1.82) is 0 Å². The maximum Gasteiger partial charge on any atom is 0.323 e. The number of nitrogens with zero attached hydrogens (tertiary/aromatic N) is 1. The number of anilines is 1. The van der Waals surface area contributed by atoms with E-state index in [1.807, 2.05) is 27.7 Å². The number of amides is 2. The van der Waals surface area contributed by atoms with Gasteiger partial charge in [-0.1, -0.05) is 27.2 Å². The summed E-state index contributed by atoms with van der Waals surface area (Å²) in [6.45, 7) is 7.57. The molecule has 1 aromatic heterocycles. The highest BCUT2D eigenvalue weighted by atomic mass is 32.1. The van der Waals surface area contributed by atoms with Gasteiger partial charge in [-0.3, -0.25) is 19.7 Å². The van der Waals surface area contributed by atoms with Gasteiger partial charge in [0.2, 0.25) is 11.8 Å². The van der Waals surface area contributed by atoms with Crippen LogP contribution in [0, 0.1) is 17.6 Å². The number of ether oxygens (including phenoxy) is 1. The summed E-state index contributed by atoms with van der Waals surface area (Å²) >= 11 is 1.25. The average Bonchev–Trinajstić information content (AvgIpc) is 3.24. The molecule has 0 aliphatic heterocycles. The fourth-order valence-corrected chi connectivity index (χ4v) is 4.28. The number of esters is 1. The molecule has 0 saturated carbocycles. The van der Waals surface area contributed by atoms with Gasteiger partial charge in [0.25, 0.3) is 0 Å². The topological polar surface area (TPSA) is 109 Å². The molecule has 192 valence electrons. The molecular formula is C24H32F2N4O4S. The Morgan fingerprint density at radius 1 is 1.11 bits per heavy atom. The highest BCUT2D eigenvalue weighted by Crippen LogP contribution is 2.25. The third kappa shape index (κ3) is 8.66. The van der Waals surface area contributed by atoms with Crippen molar-refractivity contribution in [2.45, 2.75) is 65.1 Å². The van der Waals surface area contributed by atoms with Crippen molar-refractivity contribution in [2.75, 3.05) is 12.4 Å². The second-order valence-electron chi connectivity index (χ2n) is 8.55. The molecule has 0 aliphatic rings. The minimum absolute atomic E-state index is 0.0132. The van der Waals surface area contributed by atoms with Crippen LogP contribution < -0.4 is 16.0 Å². The summed E-state index contributed by atoms with van der Waals surface area (Å²) in [5, 5.41) is 8.91. The van der Waals surface area contributed by atoms with Crippen molar-refractivity contribution in [3.63, 3.8) is 0 Å². The van der Waals surface area contributed by atoms with Crippen LogP contribution >= 0.6 is 11.3 Å². The van der Waals surface area contributed by atoms with E-state index < -0.39 is 35.5 Å². The van der Waals surface area contributed by atoms with Crippen LogP contribution in [0.25, 0.3) is 0 Å². The Balaban J connectivity index is 2.01. The zero-order valence-electron chi connectivity index (χ0n) is 20.5. The van der Waals surface area contributed by atoms with Gasteiger partial charge in [-0.05, 0) is 37.0 Å². The van der Waals surface area contributed by atoms with Gasteiger partial charge in [0, 0.05) is 23.2 Å². The summed E-state index contributed by atoms with van der Waals surface area (Å²) in [6.07, 6.45) is 2.35. The van der Waals surface area contributed by atoms with Gasteiger partial charge in [0.15, 0.2) is 5.13 Å². The zero-order chi connectivity index (χ0) is 26.1. The number of nitrogens with one attached hydrogen (secondary N) is 3. The van der Waals surface area contributed by atoms with Crippen LogP contribution in [0.4, 0.5) is 13.9 Å². The van der Waals surface area contributed by atoms with E-state index in [9.17, 15) is 23.2 Å². The van der Waals surface area contributed by atoms with Gasteiger partial charge >= 0.3 is 5.97 Å². The first kappa shape index (κ1) is 28.3. The quantitative estimate of drug-likeness (QED) is 0.376. The molecule has 1 aromatic carbocycles. The smallest absolute Gasteiger partial charge is 0.323 e. The number of hydrogen-bond acceptors (Lipinski definition) is 7. The van der Waals surface area contributed by atoms with Gasteiger partial charge in [-0.25, -0.2) is 13.8 Å². The van der Waals surface area contributed by atoms with Crippen LogP contribution in [-0.2, 0) is 25.5 Å². The van der Waals surface area contributed by atoms with Crippen LogP contribution in [0.2, 0.25) is 0 Å². The molecular weight excluding hydrogens is 478 g/mol. The van der Waals surface area contributed by atoms with Crippen molar-refractivity contribution >= 4 is 34.3 Å². The monoisotopic (exact) mass is 510 g/mol. The van der Waals surface area contributed by atoms with Gasteiger partial charge < -0.3 is 15.4 Å². The number of halogens is 2. The van der Waals surface area contributed by atoms with E-state index in [1.165, 1.54) is 18.4 Å². The number of thiazole rings is 1. The second kappa shape index (κ2) is 13.2. The molecule has 35 heavy (non-hydrogen) atoms. The average molecular weight is 511 g/mol. The van der Waals surface area contributed by atoms with Crippen LogP contribution in [-0.4, -0.2) is 42.0 Å². The Hall–Kier alpha value is -2.92. The first-order valence-corrected chi connectivity index (χ1v) is 12.2. The lowest BCUT2D eigenvalue weighted by molar-refractivity contribution is -0.144. The molecule has 8 nitrogen and oxygen atoms in total. The van der Waals surface area contributed by atoms with Gasteiger partial charge in [0.05, 0.1) is 13.5 Å². The molecule has 0 fully saturated rings. The molecule has 0 spiro atoms. The minimum Gasteiger partial charge on any atom is -0.468 e. The molecule has 2 aromatic rings. The summed E-state index contributed by atoms with van der Waals surface area (Å²) in [6, 6.07) is 1.33. The van der Waals surface area contributed by atoms with E-state index in [1.54, 1.807) is 6.20 Å². The number of hydrogen-bond donors (Lipinski definition) is 3. The predicted molar refractivity (Wildman–Crippen MR) is 130 cm³/mol. The molecule has 0 saturated heterocycles. The lowest BCUT2D eigenvalue weighted by atomic mass is 10.0. The Labute approximate surface area is 207 Å². The summed E-state index contributed by atoms with van der Waals surface area (Å²) < 4.78 is 31.6. The molecule has 2 amide bonds. The number of methoxy groups -OCH3 is 1. The Morgan fingerprint density at radius 3 is 2.34 bits per heavy atom. The third-order valence-electron chi connectivity index (χ3n) is 5.25. The van der Waals surface area contributed by atoms with E-state index >= 15 is 0 Å². The number of aromatic nitrogens is 1. The molecule has 3 atom stereocenters. The third-order valence-corrected chi connectivity index (χ3v) is 6.34. The molecule has 2 rings (SSSR count). The SMILES string of the molecule is CCC[C@H](NC(=O)Cc1cc(F)cc(F)c1)C(=O)Nc1ncc(C(C)N[C@H](C(=O)OC)C(C)C)s1. The predicted octanol–water partition coefficient (Wildman–Crippen LogP) is 3.74. The van der Waals surface area contributed by atoms with Crippen molar-refractivity contribution in [2.24, 2.45) is 5.92 Å². The molecule has 0 radical (unpaired) electrons. The molecule has 3 N–H and O–H groups in total. The summed E-state index contributed by atoms with van der Waals surface area (Å²) in [7, 11) is 1.34. The minimum atomic E-state index is -0.835. The Kier molecular flexibility index (Phi) is 10.7. The number of rotatable bonds is 12. The van der Waals surface area contributed by atoms with Crippen molar-refractivity contribution in [3.05, 3.63) is 46.5 Å². The number of carbonyl (C=O) groups excluding carboxylic acids is 3. The van der Waals surface area contributed by atoms with E-state index in [4.69, 9.17) is 4.74 Å². The van der Waals surface area contributed by atoms with Crippen molar-refractivity contribution < 1.29 is 27.9 Å². The highest BCUT2D eigenvalue weighted by Gasteiger charge is 2.26. The molecule has 11 heteroatoms. The fourth-order valence-electron chi connectivity index (χ4n) is 3.45. The zero-order valence-corrected chi connectivity index (χ0v) is 21.3. The number of carbonyl (C=O) groups is 3. The normalized spacial score (nSPS) is 13.7. The summed E-state index contributed by atoms with van der Waals surface area (Å²) in [5.41, 5.74) is 0.174. The van der Waals surface area contributed by atoms with Crippen LogP contribution in [0.5, 0.6) is 0 Å². The Bertz CT molecular complexity index is 1010. The lowest BCUT2D eigenvalue weighted by Gasteiger charge is -2.23. The van der Waals surface area contributed by atoms with Crippen molar-refractivity contribution in [1.82, 2.24) is 15.6 Å². The lowest BCUT2D eigenvalue weighted by Crippen LogP contribution is -2.44. The maximum atomic E-state index is 13.4. The first-order chi connectivity index (χ1) is 16.5. The van der Waals surface area contributed by atoms with Gasteiger partial charge in [0.1, 0.15) is 23.7 Å². The summed E-state index contributed by atoms with van der Waals surface area (Å²) in [5.74, 6) is -2.86. The fraction of sp³-hybridized carbons (Fsp3) is 0.500. The first-order valence-electron chi connectivity index (χ1n) is 11.4.